The summed E-state index contributed by atoms with van der Waals surface area (Å²) in [5, 5.41) is 14.0. The number of fused-ring (bicyclic) bond motifs is 7. The van der Waals surface area contributed by atoms with Crippen molar-refractivity contribution in [2.45, 2.75) is 0 Å². The zero-order valence-corrected chi connectivity index (χ0v) is 24.2. The van der Waals surface area contributed by atoms with Gasteiger partial charge in [-0.1, -0.05) is 140 Å². The van der Waals surface area contributed by atoms with Crippen molar-refractivity contribution in [3.63, 3.8) is 0 Å². The number of hydrogen-bond acceptors (Lipinski definition) is 1. The van der Waals surface area contributed by atoms with E-state index in [1.807, 2.05) is 11.3 Å². The molecule has 43 heavy (non-hydrogen) atoms. The van der Waals surface area contributed by atoms with E-state index in [4.69, 9.17) is 0 Å². The Morgan fingerprint density at radius 3 is 1.84 bits per heavy atom. The second kappa shape index (κ2) is 9.66. The van der Waals surface area contributed by atoms with E-state index in [9.17, 15) is 0 Å². The summed E-state index contributed by atoms with van der Waals surface area (Å²) in [4.78, 5) is 0. The molecule has 9 aromatic rings. The number of rotatable bonds is 3. The van der Waals surface area contributed by atoms with Crippen LogP contribution in [0, 0.1) is 0 Å². The molecule has 9 rings (SSSR count). The molecule has 0 nitrogen and oxygen atoms in total. The zero-order valence-electron chi connectivity index (χ0n) is 23.4. The fourth-order valence-electron chi connectivity index (χ4n) is 6.89. The van der Waals surface area contributed by atoms with Gasteiger partial charge in [0.05, 0.1) is 0 Å². The summed E-state index contributed by atoms with van der Waals surface area (Å²) in [5.74, 6) is 0. The normalized spacial score (nSPS) is 11.7. The summed E-state index contributed by atoms with van der Waals surface area (Å²) in [6, 6.07) is 55.7. The predicted octanol–water partition coefficient (Wildman–Crippen LogP) is 12.5. The molecule has 0 aliphatic rings. The van der Waals surface area contributed by atoms with Crippen molar-refractivity contribution in [3.05, 3.63) is 157 Å². The largest absolute Gasteiger partial charge is 0.142 e. The summed E-state index contributed by atoms with van der Waals surface area (Å²) < 4.78 is 1.35. The Balaban J connectivity index is 1.35. The molecule has 0 saturated heterocycles. The molecule has 1 heterocycles. The lowest BCUT2D eigenvalue weighted by Gasteiger charge is -2.18. The molecule has 200 valence electrons. The van der Waals surface area contributed by atoms with Crippen LogP contribution in [0.25, 0.3) is 86.6 Å². The molecule has 0 N–H and O–H groups in total. The Morgan fingerprint density at radius 1 is 0.326 bits per heavy atom. The minimum Gasteiger partial charge on any atom is -0.142 e. The SMILES string of the molecule is c1ccc(-c2ccc3cc4ccccc4cc3c2-c2ccccc2-c2csc3c2ccc2c4ccccc4ccc23)cc1. The van der Waals surface area contributed by atoms with Crippen molar-refractivity contribution < 1.29 is 0 Å². The topological polar surface area (TPSA) is 0 Å². The van der Waals surface area contributed by atoms with Gasteiger partial charge < -0.3 is 0 Å². The van der Waals surface area contributed by atoms with Crippen molar-refractivity contribution >= 4 is 64.5 Å². The molecule has 0 saturated carbocycles. The van der Waals surface area contributed by atoms with E-state index in [0.29, 0.717) is 0 Å². The highest BCUT2D eigenvalue weighted by Gasteiger charge is 2.19. The van der Waals surface area contributed by atoms with Crippen LogP contribution in [-0.4, -0.2) is 0 Å². The minimum atomic E-state index is 1.23. The Labute approximate surface area is 254 Å². The maximum absolute atomic E-state index is 2.38. The molecule has 0 amide bonds. The predicted molar refractivity (Wildman–Crippen MR) is 188 cm³/mol. The van der Waals surface area contributed by atoms with Crippen LogP contribution in [0.5, 0.6) is 0 Å². The zero-order chi connectivity index (χ0) is 28.3. The van der Waals surface area contributed by atoms with Gasteiger partial charge in [-0.15, -0.1) is 11.3 Å². The summed E-state index contributed by atoms with van der Waals surface area (Å²) in [6.45, 7) is 0. The van der Waals surface area contributed by atoms with E-state index in [1.165, 1.54) is 86.6 Å². The first kappa shape index (κ1) is 24.4. The van der Waals surface area contributed by atoms with Gasteiger partial charge in [-0.3, -0.25) is 0 Å². The third-order valence-electron chi connectivity index (χ3n) is 8.92. The van der Waals surface area contributed by atoms with E-state index < -0.39 is 0 Å². The molecule has 8 aromatic carbocycles. The van der Waals surface area contributed by atoms with Crippen molar-refractivity contribution in [2.75, 3.05) is 0 Å². The van der Waals surface area contributed by atoms with Crippen molar-refractivity contribution in [1.82, 2.24) is 0 Å². The lowest BCUT2D eigenvalue weighted by Crippen LogP contribution is -1.91. The molecule has 0 spiro atoms. The second-order valence-corrected chi connectivity index (χ2v) is 12.2. The molecule has 0 aliphatic carbocycles. The van der Waals surface area contributed by atoms with Crippen molar-refractivity contribution in [3.8, 4) is 33.4 Å². The van der Waals surface area contributed by atoms with E-state index in [2.05, 4.69) is 157 Å². The summed E-state index contributed by atoms with van der Waals surface area (Å²) in [6.07, 6.45) is 0. The van der Waals surface area contributed by atoms with Crippen LogP contribution in [-0.2, 0) is 0 Å². The number of hydrogen-bond donors (Lipinski definition) is 0. The van der Waals surface area contributed by atoms with Gasteiger partial charge in [0.1, 0.15) is 0 Å². The van der Waals surface area contributed by atoms with E-state index >= 15 is 0 Å². The van der Waals surface area contributed by atoms with Crippen LogP contribution in [0.1, 0.15) is 0 Å². The Kier molecular flexibility index (Phi) is 5.47. The highest BCUT2D eigenvalue weighted by molar-refractivity contribution is 7.18. The van der Waals surface area contributed by atoms with Crippen LogP contribution < -0.4 is 0 Å². The average molecular weight is 563 g/mol. The van der Waals surface area contributed by atoms with Crippen LogP contribution >= 0.6 is 11.3 Å². The third-order valence-corrected chi connectivity index (χ3v) is 9.95. The van der Waals surface area contributed by atoms with Crippen LogP contribution in [0.15, 0.2) is 157 Å². The Hall–Kier alpha value is -5.24. The maximum atomic E-state index is 2.38. The highest BCUT2D eigenvalue weighted by atomic mass is 32.1. The number of benzene rings is 8. The molecule has 0 fully saturated rings. The van der Waals surface area contributed by atoms with Crippen molar-refractivity contribution in [2.24, 2.45) is 0 Å². The molecule has 1 heteroatoms. The first-order valence-electron chi connectivity index (χ1n) is 14.8. The molecular formula is C42H26S. The quantitative estimate of drug-likeness (QED) is 0.148. The summed E-state index contributed by atoms with van der Waals surface area (Å²) in [7, 11) is 0. The highest BCUT2D eigenvalue weighted by Crippen LogP contribution is 2.47. The average Bonchev–Trinajstić information content (AvgIpc) is 3.51. The van der Waals surface area contributed by atoms with Gasteiger partial charge in [0.15, 0.2) is 0 Å². The molecule has 0 radical (unpaired) electrons. The fourth-order valence-corrected chi connectivity index (χ4v) is 7.99. The summed E-state index contributed by atoms with van der Waals surface area (Å²) >= 11 is 1.86. The fraction of sp³-hybridized carbons (Fsp3) is 0. The van der Waals surface area contributed by atoms with E-state index in [1.54, 1.807) is 0 Å². The monoisotopic (exact) mass is 562 g/mol. The van der Waals surface area contributed by atoms with Gasteiger partial charge in [-0.25, -0.2) is 0 Å². The maximum Gasteiger partial charge on any atom is 0.0427 e. The van der Waals surface area contributed by atoms with Crippen molar-refractivity contribution in [1.29, 1.82) is 0 Å². The smallest absolute Gasteiger partial charge is 0.0427 e. The molecule has 0 bridgehead atoms. The molecular weight excluding hydrogens is 537 g/mol. The second-order valence-electron chi connectivity index (χ2n) is 11.3. The lowest BCUT2D eigenvalue weighted by atomic mass is 9.85. The van der Waals surface area contributed by atoms with Gasteiger partial charge in [0.2, 0.25) is 0 Å². The Bertz CT molecular complexity index is 2500. The van der Waals surface area contributed by atoms with Gasteiger partial charge in [-0.2, -0.15) is 0 Å². The third kappa shape index (κ3) is 3.82. The minimum absolute atomic E-state index is 1.23. The molecule has 0 atom stereocenters. The van der Waals surface area contributed by atoms with Gasteiger partial charge in [0, 0.05) is 21.0 Å². The van der Waals surface area contributed by atoms with Gasteiger partial charge in [-0.05, 0) is 83.0 Å². The molecule has 0 unspecified atom stereocenters. The molecule has 0 aliphatic heterocycles. The van der Waals surface area contributed by atoms with Crippen LogP contribution in [0.4, 0.5) is 0 Å². The standard InChI is InChI=1S/C42H26S/c1-2-10-27(11-3-1)33-20-19-31-24-29-13-4-5-14-30(29)25-39(31)41(33)36-17-9-8-16-34(36)40-26-43-42-37-21-18-28-12-6-7-15-32(28)35(37)22-23-38(40)42/h1-26H. The Morgan fingerprint density at radius 2 is 0.977 bits per heavy atom. The lowest BCUT2D eigenvalue weighted by molar-refractivity contribution is 1.61. The van der Waals surface area contributed by atoms with Gasteiger partial charge >= 0.3 is 0 Å². The van der Waals surface area contributed by atoms with Crippen LogP contribution in [0.2, 0.25) is 0 Å². The number of thiophene rings is 1. The molecule has 1 aromatic heterocycles. The van der Waals surface area contributed by atoms with Crippen LogP contribution in [0.3, 0.4) is 0 Å². The van der Waals surface area contributed by atoms with E-state index in [0.717, 1.165) is 0 Å². The summed E-state index contributed by atoms with van der Waals surface area (Å²) in [5.41, 5.74) is 7.61. The first-order chi connectivity index (χ1) is 21.3. The van der Waals surface area contributed by atoms with E-state index in [-0.39, 0.29) is 0 Å². The van der Waals surface area contributed by atoms with Gasteiger partial charge in [0.25, 0.3) is 0 Å². The first-order valence-corrected chi connectivity index (χ1v) is 15.6.